The first-order valence-corrected chi connectivity index (χ1v) is 4.81. The molecule has 14 heavy (non-hydrogen) atoms. The van der Waals surface area contributed by atoms with Crippen LogP contribution in [0.2, 0.25) is 0 Å². The lowest BCUT2D eigenvalue weighted by atomic mass is 9.96. The van der Waals surface area contributed by atoms with Gasteiger partial charge in [0.1, 0.15) is 5.82 Å². The first kappa shape index (κ1) is 10.8. The quantitative estimate of drug-likeness (QED) is 0.782. The van der Waals surface area contributed by atoms with E-state index in [0.717, 1.165) is 12.2 Å². The summed E-state index contributed by atoms with van der Waals surface area (Å²) in [5, 5.41) is 0. The molecule has 0 aliphatic carbocycles. The van der Waals surface area contributed by atoms with Crippen molar-refractivity contribution in [2.45, 2.75) is 20.8 Å². The van der Waals surface area contributed by atoms with Gasteiger partial charge >= 0.3 is 0 Å². The molecule has 1 rings (SSSR count). The van der Waals surface area contributed by atoms with Gasteiger partial charge in [-0.25, -0.2) is 4.98 Å². The van der Waals surface area contributed by atoms with Crippen LogP contribution in [-0.2, 0) is 0 Å². The van der Waals surface area contributed by atoms with Crippen LogP contribution in [0.4, 0.5) is 11.5 Å². The molecule has 3 nitrogen and oxygen atoms in total. The van der Waals surface area contributed by atoms with Crippen molar-refractivity contribution in [1.82, 2.24) is 4.98 Å². The minimum atomic E-state index is 0.285. The Balaban J connectivity index is 2.74. The van der Waals surface area contributed by atoms with Gasteiger partial charge in [-0.05, 0) is 11.5 Å². The Morgan fingerprint density at radius 3 is 2.57 bits per heavy atom. The van der Waals surface area contributed by atoms with E-state index in [1.165, 1.54) is 0 Å². The first-order chi connectivity index (χ1) is 6.38. The van der Waals surface area contributed by atoms with Crippen LogP contribution in [-0.4, -0.2) is 18.6 Å². The SMILES string of the molecule is CN(CC(C)(C)C)c1ccnc(N)c1. The summed E-state index contributed by atoms with van der Waals surface area (Å²) in [7, 11) is 2.07. The molecule has 0 atom stereocenters. The van der Waals surface area contributed by atoms with Gasteiger partial charge in [-0.15, -0.1) is 0 Å². The van der Waals surface area contributed by atoms with Crippen LogP contribution < -0.4 is 10.6 Å². The van der Waals surface area contributed by atoms with Crippen LogP contribution >= 0.6 is 0 Å². The highest BCUT2D eigenvalue weighted by atomic mass is 15.1. The van der Waals surface area contributed by atoms with E-state index in [-0.39, 0.29) is 5.41 Å². The van der Waals surface area contributed by atoms with E-state index in [4.69, 9.17) is 5.73 Å². The molecule has 0 spiro atoms. The minimum Gasteiger partial charge on any atom is -0.384 e. The minimum absolute atomic E-state index is 0.285. The highest BCUT2D eigenvalue weighted by Crippen LogP contribution is 2.20. The van der Waals surface area contributed by atoms with Gasteiger partial charge in [0, 0.05) is 31.5 Å². The highest BCUT2D eigenvalue weighted by Gasteiger charge is 2.13. The number of anilines is 2. The highest BCUT2D eigenvalue weighted by molar-refractivity contribution is 5.51. The second-order valence-electron chi connectivity index (χ2n) is 4.86. The normalized spacial score (nSPS) is 11.4. The average Bonchev–Trinajstić information content (AvgIpc) is 2.01. The summed E-state index contributed by atoms with van der Waals surface area (Å²) in [6.07, 6.45) is 1.74. The molecule has 78 valence electrons. The number of nitrogen functional groups attached to an aromatic ring is 1. The molecule has 0 aromatic carbocycles. The van der Waals surface area contributed by atoms with Gasteiger partial charge in [0.2, 0.25) is 0 Å². The Morgan fingerprint density at radius 1 is 1.43 bits per heavy atom. The lowest BCUT2D eigenvalue weighted by Crippen LogP contribution is -2.29. The van der Waals surface area contributed by atoms with Gasteiger partial charge in [-0.1, -0.05) is 20.8 Å². The van der Waals surface area contributed by atoms with Crippen molar-refractivity contribution in [1.29, 1.82) is 0 Å². The molecule has 1 aromatic rings. The van der Waals surface area contributed by atoms with Crippen LogP contribution in [0, 0.1) is 5.41 Å². The van der Waals surface area contributed by atoms with E-state index in [0.29, 0.717) is 5.82 Å². The van der Waals surface area contributed by atoms with Crippen molar-refractivity contribution in [3.63, 3.8) is 0 Å². The molecule has 0 bridgehead atoms. The second-order valence-corrected chi connectivity index (χ2v) is 4.86. The third kappa shape index (κ3) is 3.24. The number of nitrogens with two attached hydrogens (primary N) is 1. The van der Waals surface area contributed by atoms with Gasteiger partial charge in [-0.2, -0.15) is 0 Å². The maximum Gasteiger partial charge on any atom is 0.125 e. The molecule has 0 aliphatic heterocycles. The maximum absolute atomic E-state index is 5.62. The van der Waals surface area contributed by atoms with Crippen LogP contribution in [0.3, 0.4) is 0 Å². The molecule has 1 heterocycles. The Kier molecular flexibility index (Phi) is 2.99. The average molecular weight is 193 g/mol. The Bertz CT molecular complexity index is 302. The number of hydrogen-bond acceptors (Lipinski definition) is 3. The van der Waals surface area contributed by atoms with Gasteiger partial charge < -0.3 is 10.6 Å². The van der Waals surface area contributed by atoms with Gasteiger partial charge in [0.05, 0.1) is 0 Å². The fourth-order valence-corrected chi connectivity index (χ4v) is 1.48. The van der Waals surface area contributed by atoms with Gasteiger partial charge in [-0.3, -0.25) is 0 Å². The molecule has 0 fully saturated rings. The molecule has 0 saturated carbocycles. The van der Waals surface area contributed by atoms with Crippen molar-refractivity contribution in [2.24, 2.45) is 5.41 Å². The first-order valence-electron chi connectivity index (χ1n) is 4.81. The molecule has 2 N–H and O–H groups in total. The predicted molar refractivity (Wildman–Crippen MR) is 61.4 cm³/mol. The van der Waals surface area contributed by atoms with E-state index in [1.54, 1.807) is 6.20 Å². The second kappa shape index (κ2) is 3.86. The van der Waals surface area contributed by atoms with Crippen LogP contribution in [0.1, 0.15) is 20.8 Å². The number of pyridine rings is 1. The zero-order valence-corrected chi connectivity index (χ0v) is 9.41. The lowest BCUT2D eigenvalue weighted by Gasteiger charge is -2.28. The summed E-state index contributed by atoms with van der Waals surface area (Å²) in [4.78, 5) is 6.16. The third-order valence-electron chi connectivity index (χ3n) is 1.92. The predicted octanol–water partition coefficient (Wildman–Crippen LogP) is 2.15. The van der Waals surface area contributed by atoms with Crippen LogP contribution in [0.25, 0.3) is 0 Å². The number of aromatic nitrogens is 1. The molecule has 3 heteroatoms. The van der Waals surface area contributed by atoms with E-state index in [2.05, 4.69) is 37.7 Å². The van der Waals surface area contributed by atoms with Crippen LogP contribution in [0.5, 0.6) is 0 Å². The van der Waals surface area contributed by atoms with E-state index >= 15 is 0 Å². The number of rotatable bonds is 2. The molecule has 0 amide bonds. The molecular weight excluding hydrogens is 174 g/mol. The summed E-state index contributed by atoms with van der Waals surface area (Å²) in [6, 6.07) is 3.87. The smallest absolute Gasteiger partial charge is 0.125 e. The summed E-state index contributed by atoms with van der Waals surface area (Å²) in [5.41, 5.74) is 7.02. The summed E-state index contributed by atoms with van der Waals surface area (Å²) in [5.74, 6) is 0.572. The molecule has 0 saturated heterocycles. The van der Waals surface area contributed by atoms with Crippen molar-refractivity contribution in [2.75, 3.05) is 24.2 Å². The summed E-state index contributed by atoms with van der Waals surface area (Å²) >= 11 is 0. The van der Waals surface area contributed by atoms with Crippen molar-refractivity contribution in [3.8, 4) is 0 Å². The third-order valence-corrected chi connectivity index (χ3v) is 1.92. The largest absolute Gasteiger partial charge is 0.384 e. The van der Waals surface area contributed by atoms with Crippen molar-refractivity contribution < 1.29 is 0 Å². The topological polar surface area (TPSA) is 42.2 Å². The fraction of sp³-hybridized carbons (Fsp3) is 0.545. The Hall–Kier alpha value is -1.25. The van der Waals surface area contributed by atoms with E-state index < -0.39 is 0 Å². The molecular formula is C11H19N3. The van der Waals surface area contributed by atoms with E-state index in [1.807, 2.05) is 12.1 Å². The monoisotopic (exact) mass is 193 g/mol. The van der Waals surface area contributed by atoms with Crippen LogP contribution in [0.15, 0.2) is 18.3 Å². The standard InChI is InChI=1S/C11H19N3/c1-11(2,3)8-14(4)9-5-6-13-10(12)7-9/h5-7H,8H2,1-4H3,(H2,12,13). The zero-order chi connectivity index (χ0) is 10.8. The van der Waals surface area contributed by atoms with Crippen molar-refractivity contribution in [3.05, 3.63) is 18.3 Å². The Labute approximate surface area is 85.9 Å². The summed E-state index contributed by atoms with van der Waals surface area (Å²) < 4.78 is 0. The van der Waals surface area contributed by atoms with Gasteiger partial charge in [0.15, 0.2) is 0 Å². The van der Waals surface area contributed by atoms with E-state index in [9.17, 15) is 0 Å². The van der Waals surface area contributed by atoms with Crippen molar-refractivity contribution >= 4 is 11.5 Å². The lowest BCUT2D eigenvalue weighted by molar-refractivity contribution is 0.419. The fourth-order valence-electron chi connectivity index (χ4n) is 1.48. The molecule has 0 aliphatic rings. The number of nitrogens with zero attached hydrogens (tertiary/aromatic N) is 2. The zero-order valence-electron chi connectivity index (χ0n) is 9.41. The molecule has 0 unspecified atom stereocenters. The number of hydrogen-bond donors (Lipinski definition) is 1. The molecule has 0 radical (unpaired) electrons. The molecule has 1 aromatic heterocycles. The Morgan fingerprint density at radius 2 is 2.07 bits per heavy atom. The maximum atomic E-state index is 5.62. The summed E-state index contributed by atoms with van der Waals surface area (Å²) in [6.45, 7) is 7.65. The van der Waals surface area contributed by atoms with Gasteiger partial charge in [0.25, 0.3) is 0 Å².